The third-order valence-electron chi connectivity index (χ3n) is 3.74. The summed E-state index contributed by atoms with van der Waals surface area (Å²) in [4.78, 5) is 0. The summed E-state index contributed by atoms with van der Waals surface area (Å²) >= 11 is 0. The molecule has 0 amide bonds. The van der Waals surface area contributed by atoms with Gasteiger partial charge in [-0.1, -0.05) is 27.7 Å². The van der Waals surface area contributed by atoms with Crippen molar-refractivity contribution < 1.29 is 8.42 Å². The van der Waals surface area contributed by atoms with E-state index in [2.05, 4.69) is 19.2 Å². The van der Waals surface area contributed by atoms with Gasteiger partial charge in [-0.05, 0) is 37.6 Å². The number of rotatable bonds is 5. The summed E-state index contributed by atoms with van der Waals surface area (Å²) in [7, 11) is -3.09. The third-order valence-corrected chi connectivity index (χ3v) is 6.12. The molecule has 1 heterocycles. The lowest BCUT2D eigenvalue weighted by Gasteiger charge is -2.35. The van der Waals surface area contributed by atoms with Gasteiger partial charge in [0, 0.05) is 19.1 Å². The minimum Gasteiger partial charge on any atom is -0.314 e. The minimum absolute atomic E-state index is 0.174. The highest BCUT2D eigenvalue weighted by Gasteiger charge is 2.32. The van der Waals surface area contributed by atoms with E-state index in [1.807, 2.05) is 20.8 Å². The van der Waals surface area contributed by atoms with Gasteiger partial charge in [0.05, 0.1) is 5.75 Å². The van der Waals surface area contributed by atoms with Crippen LogP contribution in [0.2, 0.25) is 0 Å². The second-order valence-electron chi connectivity index (χ2n) is 6.90. The van der Waals surface area contributed by atoms with Crippen molar-refractivity contribution >= 4 is 10.0 Å². The van der Waals surface area contributed by atoms with Crippen molar-refractivity contribution in [3.05, 3.63) is 0 Å². The van der Waals surface area contributed by atoms with Gasteiger partial charge in [-0.15, -0.1) is 0 Å². The number of piperidine rings is 1. The van der Waals surface area contributed by atoms with Crippen LogP contribution in [0.25, 0.3) is 0 Å². The molecule has 1 aliphatic rings. The van der Waals surface area contributed by atoms with E-state index in [1.54, 1.807) is 4.31 Å². The molecule has 19 heavy (non-hydrogen) atoms. The fraction of sp³-hybridized carbons (Fsp3) is 1.00. The quantitative estimate of drug-likeness (QED) is 0.843. The molecule has 1 unspecified atom stereocenters. The number of nitrogens with zero attached hydrogens (tertiary/aromatic N) is 1. The van der Waals surface area contributed by atoms with E-state index in [4.69, 9.17) is 0 Å². The summed E-state index contributed by atoms with van der Waals surface area (Å²) in [5.41, 5.74) is -0.174. The van der Waals surface area contributed by atoms with Crippen molar-refractivity contribution in [3.8, 4) is 0 Å². The molecule has 1 N–H and O–H groups in total. The minimum atomic E-state index is -3.09. The maximum atomic E-state index is 12.3. The number of nitrogens with one attached hydrogen (secondary N) is 1. The summed E-state index contributed by atoms with van der Waals surface area (Å²) in [5.74, 6) is 0.842. The van der Waals surface area contributed by atoms with Gasteiger partial charge in [-0.2, -0.15) is 0 Å². The highest BCUT2D eigenvalue weighted by atomic mass is 32.2. The van der Waals surface area contributed by atoms with Crippen LogP contribution in [-0.2, 0) is 10.0 Å². The molecule has 0 spiro atoms. The van der Waals surface area contributed by atoms with Gasteiger partial charge in [0.25, 0.3) is 0 Å². The van der Waals surface area contributed by atoms with E-state index in [9.17, 15) is 8.42 Å². The van der Waals surface area contributed by atoms with Crippen LogP contribution in [-0.4, -0.2) is 44.2 Å². The van der Waals surface area contributed by atoms with Crippen molar-refractivity contribution in [1.82, 2.24) is 9.62 Å². The zero-order valence-electron chi connectivity index (χ0n) is 13.1. The van der Waals surface area contributed by atoms with Gasteiger partial charge in [0.1, 0.15) is 0 Å². The molecule has 1 saturated heterocycles. The van der Waals surface area contributed by atoms with Crippen LogP contribution in [0.4, 0.5) is 0 Å². The third kappa shape index (κ3) is 5.40. The highest BCUT2D eigenvalue weighted by Crippen LogP contribution is 2.25. The fourth-order valence-electron chi connectivity index (χ4n) is 2.78. The van der Waals surface area contributed by atoms with E-state index in [1.165, 1.54) is 0 Å². The van der Waals surface area contributed by atoms with Crippen LogP contribution >= 0.6 is 0 Å². The van der Waals surface area contributed by atoms with E-state index >= 15 is 0 Å². The monoisotopic (exact) mass is 290 g/mol. The maximum Gasteiger partial charge on any atom is 0.214 e. The van der Waals surface area contributed by atoms with Crippen LogP contribution in [0.5, 0.6) is 0 Å². The first-order valence-electron chi connectivity index (χ1n) is 7.37. The molecule has 0 aliphatic carbocycles. The van der Waals surface area contributed by atoms with Gasteiger partial charge < -0.3 is 5.32 Å². The summed E-state index contributed by atoms with van der Waals surface area (Å²) in [6, 6.07) is 0.484. The molecule has 0 bridgehead atoms. The van der Waals surface area contributed by atoms with Crippen LogP contribution in [0.15, 0.2) is 0 Å². The number of hydrogen-bond acceptors (Lipinski definition) is 3. The van der Waals surface area contributed by atoms with Crippen LogP contribution < -0.4 is 5.32 Å². The topological polar surface area (TPSA) is 49.4 Å². The molecule has 114 valence electrons. The standard InChI is InChI=1S/C14H30N2O2S/c1-6-15-12(2)13-7-9-16(10-8-13)19(17,18)11-14(3,4)5/h12-13,15H,6-11H2,1-5H3. The summed E-state index contributed by atoms with van der Waals surface area (Å²) < 4.78 is 26.3. The lowest BCUT2D eigenvalue weighted by atomic mass is 9.91. The SMILES string of the molecule is CCNC(C)C1CCN(S(=O)(=O)CC(C)(C)C)CC1. The predicted molar refractivity (Wildman–Crippen MR) is 80.7 cm³/mol. The molecule has 4 nitrogen and oxygen atoms in total. The Labute approximate surface area is 119 Å². The van der Waals surface area contributed by atoms with Crippen molar-refractivity contribution in [3.63, 3.8) is 0 Å². The normalized spacial score (nSPS) is 21.5. The fourth-order valence-corrected chi connectivity index (χ4v) is 4.83. The molecule has 1 rings (SSSR count). The molecular weight excluding hydrogens is 260 g/mol. The number of hydrogen-bond donors (Lipinski definition) is 1. The largest absolute Gasteiger partial charge is 0.314 e. The molecule has 0 aromatic heterocycles. The van der Waals surface area contributed by atoms with Crippen molar-refractivity contribution in [2.24, 2.45) is 11.3 Å². The predicted octanol–water partition coefficient (Wildman–Crippen LogP) is 2.07. The van der Waals surface area contributed by atoms with Crippen LogP contribution in [0.3, 0.4) is 0 Å². The maximum absolute atomic E-state index is 12.3. The Kier molecular flexibility index (Phi) is 5.83. The lowest BCUT2D eigenvalue weighted by Crippen LogP contribution is -2.45. The Bertz CT molecular complexity index is 365. The Hall–Kier alpha value is -0.130. The first-order chi connectivity index (χ1) is 8.65. The van der Waals surface area contributed by atoms with E-state index in [0.29, 0.717) is 25.0 Å². The lowest BCUT2D eigenvalue weighted by molar-refractivity contribution is 0.231. The molecule has 1 atom stereocenters. The molecule has 1 aliphatic heterocycles. The molecule has 0 saturated carbocycles. The van der Waals surface area contributed by atoms with Crippen LogP contribution in [0, 0.1) is 11.3 Å². The van der Waals surface area contributed by atoms with Gasteiger partial charge in [0.2, 0.25) is 10.0 Å². The molecule has 1 fully saturated rings. The van der Waals surface area contributed by atoms with Crippen molar-refractivity contribution in [1.29, 1.82) is 0 Å². The zero-order chi connectivity index (χ0) is 14.7. The molecular formula is C14H30N2O2S. The van der Waals surface area contributed by atoms with Crippen molar-refractivity contribution in [2.75, 3.05) is 25.4 Å². The smallest absolute Gasteiger partial charge is 0.214 e. The Morgan fingerprint density at radius 3 is 2.21 bits per heavy atom. The average Bonchev–Trinajstić information content (AvgIpc) is 2.26. The molecule has 0 radical (unpaired) electrons. The van der Waals surface area contributed by atoms with Gasteiger partial charge >= 0.3 is 0 Å². The van der Waals surface area contributed by atoms with Gasteiger partial charge in [-0.3, -0.25) is 0 Å². The first-order valence-corrected chi connectivity index (χ1v) is 8.98. The Balaban J connectivity index is 2.54. The van der Waals surface area contributed by atoms with E-state index in [-0.39, 0.29) is 11.2 Å². The zero-order valence-corrected chi connectivity index (χ0v) is 13.9. The molecule has 5 heteroatoms. The Morgan fingerprint density at radius 1 is 1.26 bits per heavy atom. The van der Waals surface area contributed by atoms with Gasteiger partial charge in [-0.25, -0.2) is 12.7 Å². The second-order valence-corrected chi connectivity index (χ2v) is 8.87. The van der Waals surface area contributed by atoms with Crippen molar-refractivity contribution in [2.45, 2.75) is 53.5 Å². The summed E-state index contributed by atoms with van der Waals surface area (Å²) in [6.45, 7) is 12.6. The summed E-state index contributed by atoms with van der Waals surface area (Å²) in [6.07, 6.45) is 1.94. The first kappa shape index (κ1) is 16.9. The van der Waals surface area contributed by atoms with Gasteiger partial charge in [0.15, 0.2) is 0 Å². The number of sulfonamides is 1. The highest BCUT2D eigenvalue weighted by molar-refractivity contribution is 7.89. The molecule has 0 aromatic rings. The van der Waals surface area contributed by atoms with E-state index < -0.39 is 10.0 Å². The average molecular weight is 290 g/mol. The van der Waals surface area contributed by atoms with Crippen LogP contribution in [0.1, 0.15) is 47.5 Å². The molecule has 0 aromatic carbocycles. The Morgan fingerprint density at radius 2 is 1.79 bits per heavy atom. The van der Waals surface area contributed by atoms with E-state index in [0.717, 1.165) is 19.4 Å². The summed E-state index contributed by atoms with van der Waals surface area (Å²) in [5, 5.41) is 3.44. The second kappa shape index (κ2) is 6.55.